The highest BCUT2D eigenvalue weighted by atomic mass is 16.5. The number of ether oxygens (including phenoxy) is 4. The summed E-state index contributed by atoms with van der Waals surface area (Å²) >= 11 is 0. The van der Waals surface area contributed by atoms with E-state index in [1.165, 1.54) is 105 Å². The standard InChI is InChI=1S/C21H26O2.C21H28O.C20H26O4.C20H24O3.C20H22O2.C7H8.CH4/c1-13(22)17-6-7-18-16-5-4-14-12-15(23)8-10-20(14,2)19(16)9-11-21(17,18)3;1-14-11-19-18-7-5-15-12-16(22-4)6-8-17(15)21(18,3)10-9-20(19,2)13-14;1-19(12-14(21)11-18(19)23)8-9-20(2)16-6-5-15(24-3)10-13(16)4-7-17(20)22;1-19(10-4-5-17(19)21)11-12-20(2)16-8-7-15(23-3)13-14(16)6-9-18(20)22;1-19-10-11-20(2)17(8-9-18(20)21)16(19)6-4-13-12-14(22-3)5-7-15(13)19;1-7-5-3-2-4-6-7;/h7-8,10,12-13,17,22H,4-6,9,11H2,1-3H3;6,8,12,14H,5,7,9-11,13H2,1-4H3;5-6,10,14,21H,4,7-9,11-12H2,1-3H3;4-5,7-8,13H,6,9-12H2,1-3H3;5,7-9,12H,4,6,10-11H2,1-3H3;2-6H,1H3;1H4/t13-,17+,20-,21+;14-,20-,21-;14-,19-,20-;19-,20+;19-,20-;;/m00010../s1. The smallest absolute Gasteiger partial charge is 0.178 e. The Kier molecular flexibility index (Phi) is 26.0. The van der Waals surface area contributed by atoms with Crippen molar-refractivity contribution in [2.45, 2.75) is 298 Å². The number of aliphatic hydroxyl groups excluding tert-OH is 2. The Morgan fingerprint density at radius 1 is 0.475 bits per heavy atom. The minimum atomic E-state index is -0.559. The summed E-state index contributed by atoms with van der Waals surface area (Å²) in [5.41, 5.74) is 22.8. The van der Waals surface area contributed by atoms with Gasteiger partial charge in [0.25, 0.3) is 0 Å². The largest absolute Gasteiger partial charge is 0.497 e. The fourth-order valence-corrected chi connectivity index (χ4v) is 24.8. The van der Waals surface area contributed by atoms with E-state index in [9.17, 15) is 39.0 Å². The number of aryl methyl sites for hydroxylation is 5. The third kappa shape index (κ3) is 16.6. The lowest BCUT2D eigenvalue weighted by atomic mass is 9.56. The van der Waals surface area contributed by atoms with E-state index in [-0.39, 0.29) is 87.1 Å². The molecule has 2 fully saturated rings. The summed E-state index contributed by atoms with van der Waals surface area (Å²) in [6, 6.07) is 35.4. The van der Waals surface area contributed by atoms with Gasteiger partial charge in [-0.15, -0.1) is 0 Å². The molecule has 14 aliphatic rings. The van der Waals surface area contributed by atoms with Crippen molar-refractivity contribution in [2.75, 3.05) is 28.4 Å². The van der Waals surface area contributed by atoms with Gasteiger partial charge in [-0.05, 0) is 346 Å². The molecule has 0 radical (unpaired) electrons. The number of ketones is 6. The van der Waals surface area contributed by atoms with Gasteiger partial charge in [0, 0.05) is 46.3 Å². The first-order chi connectivity index (χ1) is 57.4. The minimum absolute atomic E-state index is 0. The van der Waals surface area contributed by atoms with Crippen LogP contribution in [0.2, 0.25) is 0 Å². The van der Waals surface area contributed by atoms with Gasteiger partial charge < -0.3 is 29.2 Å². The maximum absolute atomic E-state index is 12.7. The minimum Gasteiger partial charge on any atom is -0.497 e. The fraction of sp³-hybridized carbons (Fsp3) is 0.527. The van der Waals surface area contributed by atoms with Crippen LogP contribution in [0.25, 0.3) is 0 Å². The Bertz CT molecular complexity index is 5200. The average Bonchev–Trinajstić information content (AvgIpc) is 1.42. The molecule has 2 saturated carbocycles. The first-order valence-corrected chi connectivity index (χ1v) is 45.3. The quantitative estimate of drug-likeness (QED) is 0.120. The first kappa shape index (κ1) is 90.9. The Morgan fingerprint density at radius 3 is 1.49 bits per heavy atom. The molecule has 12 nitrogen and oxygen atoms in total. The van der Waals surface area contributed by atoms with Gasteiger partial charge >= 0.3 is 0 Å². The molecule has 0 unspecified atom stereocenters. The lowest BCUT2D eigenvalue weighted by molar-refractivity contribution is -0.128. The number of methoxy groups -OCH3 is 4. The third-order valence-electron chi connectivity index (χ3n) is 32.9. The molecule has 0 bridgehead atoms. The van der Waals surface area contributed by atoms with Gasteiger partial charge in [-0.1, -0.05) is 168 Å². The van der Waals surface area contributed by atoms with Gasteiger partial charge in [-0.2, -0.15) is 0 Å². The second kappa shape index (κ2) is 34.9. The van der Waals surface area contributed by atoms with Crippen LogP contribution in [0.4, 0.5) is 0 Å². The average molecular weight is 1650 g/mol. The molecule has 0 aliphatic heterocycles. The maximum Gasteiger partial charge on any atom is 0.178 e. The zero-order valence-corrected chi connectivity index (χ0v) is 75.6. The molecule has 14 aliphatic carbocycles. The molecule has 0 amide bonds. The number of allylic oxidation sites excluding steroid dienone is 16. The SMILES string of the molecule is C.COc1ccc2c(c1)CCC(=O)[C@@]2(C)CC[C@@]1(C)CC=CC1=O.COc1ccc2c(c1)CCC(=O)[C@@]2(C)CC[C@@]1(C)C[C@@H](O)CC1=O.COc1ccc2c(c1)CCC1=C3C=CC(=O)[C@@]3(C)CC[C@]12C.COc1ccc2c(c1)CCC1=C3C[C@H](C)C[C@]3(C)CC[C@]12C.C[C@H](O)[C@H]1CC=C2C3=C(CC[C@@]21C)[C@@]1(C)C=CC(=O)C=C1CC3.Cc1ccccc1. The second-order valence-electron chi connectivity index (χ2n) is 40.6. The number of benzene rings is 5. The lowest BCUT2D eigenvalue weighted by Crippen LogP contribution is -2.40. The fourth-order valence-electron chi connectivity index (χ4n) is 24.8. The molecule has 0 heterocycles. The van der Waals surface area contributed by atoms with Gasteiger partial charge in [0.05, 0.1) is 56.9 Å². The van der Waals surface area contributed by atoms with Crippen molar-refractivity contribution in [2.24, 2.45) is 44.3 Å². The monoisotopic (exact) mass is 1650 g/mol. The number of fused-ring (bicyclic) bond motifs is 14. The van der Waals surface area contributed by atoms with E-state index in [0.29, 0.717) is 43.4 Å². The molecule has 0 spiro atoms. The topological polar surface area (TPSA) is 180 Å². The highest BCUT2D eigenvalue weighted by Crippen LogP contribution is 2.64. The van der Waals surface area contributed by atoms with Gasteiger partial charge in [0.2, 0.25) is 0 Å². The summed E-state index contributed by atoms with van der Waals surface area (Å²) in [5.74, 6) is 6.08. The second-order valence-corrected chi connectivity index (χ2v) is 40.6. The van der Waals surface area contributed by atoms with Gasteiger partial charge in [-0.25, -0.2) is 0 Å². The van der Waals surface area contributed by atoms with Crippen molar-refractivity contribution in [1.29, 1.82) is 0 Å². The van der Waals surface area contributed by atoms with Crippen molar-refractivity contribution < 1.29 is 57.9 Å². The van der Waals surface area contributed by atoms with Crippen LogP contribution in [0, 0.1) is 51.2 Å². The molecule has 0 saturated heterocycles. The Hall–Kier alpha value is -8.84. The molecule has 5 aromatic rings. The van der Waals surface area contributed by atoms with E-state index in [0.717, 1.165) is 130 Å². The van der Waals surface area contributed by atoms with Crippen molar-refractivity contribution in [3.8, 4) is 23.0 Å². The maximum atomic E-state index is 12.7. The molecular weight excluding hydrogens is 1510 g/mol. The summed E-state index contributed by atoms with van der Waals surface area (Å²) in [6.45, 7) is 28.6. The van der Waals surface area contributed by atoms with E-state index < -0.39 is 22.3 Å². The van der Waals surface area contributed by atoms with Gasteiger partial charge in [-0.3, -0.25) is 28.8 Å². The molecule has 650 valence electrons. The van der Waals surface area contributed by atoms with Crippen LogP contribution in [0.1, 0.15) is 282 Å². The number of carbonyl (C=O) groups is 6. The van der Waals surface area contributed by atoms with Crippen LogP contribution in [0.15, 0.2) is 196 Å². The number of carbonyl (C=O) groups excluding carboxylic acids is 6. The summed E-state index contributed by atoms with van der Waals surface area (Å²) in [6.07, 6.45) is 38.9. The highest BCUT2D eigenvalue weighted by molar-refractivity contribution is 6.03. The number of hydrogen-bond acceptors (Lipinski definition) is 12. The zero-order valence-electron chi connectivity index (χ0n) is 75.6. The summed E-state index contributed by atoms with van der Waals surface area (Å²) in [5, 5.41) is 20.0. The molecule has 14 atom stereocenters. The van der Waals surface area contributed by atoms with E-state index >= 15 is 0 Å². The number of rotatable bonds is 11. The molecule has 0 aromatic heterocycles. The Balaban J connectivity index is 0.000000128. The zero-order chi connectivity index (χ0) is 86.8. The van der Waals surface area contributed by atoms with Crippen LogP contribution in [-0.2, 0) is 76.1 Å². The molecule has 122 heavy (non-hydrogen) atoms. The third-order valence-corrected chi connectivity index (χ3v) is 32.9. The highest BCUT2D eigenvalue weighted by Gasteiger charge is 2.55. The summed E-state index contributed by atoms with van der Waals surface area (Å²) in [4.78, 5) is 73.8. The van der Waals surface area contributed by atoms with Crippen LogP contribution >= 0.6 is 0 Å². The molecule has 12 heteroatoms. The Morgan fingerprint density at radius 2 is 0.984 bits per heavy atom. The first-order valence-electron chi connectivity index (χ1n) is 45.3. The molecule has 2 N–H and O–H groups in total. The van der Waals surface area contributed by atoms with Gasteiger partial charge in [0.1, 0.15) is 40.3 Å². The lowest BCUT2D eigenvalue weighted by Gasteiger charge is -2.48. The van der Waals surface area contributed by atoms with Gasteiger partial charge in [0.15, 0.2) is 17.3 Å². The number of hydrogen-bond donors (Lipinski definition) is 2. The molecule has 5 aromatic carbocycles. The summed E-state index contributed by atoms with van der Waals surface area (Å²) < 4.78 is 21.4. The van der Waals surface area contributed by atoms with Crippen LogP contribution in [-0.4, -0.2) is 85.6 Å². The Labute approximate surface area is 728 Å². The number of Topliss-reactive ketones (excluding diaryl/α,β-unsaturated/α-hetero) is 3. The predicted octanol–water partition coefficient (Wildman–Crippen LogP) is 23.2. The predicted molar refractivity (Wildman–Crippen MR) is 489 cm³/mol. The number of aliphatic hydroxyl groups is 2. The van der Waals surface area contributed by atoms with E-state index in [2.05, 4.69) is 122 Å². The van der Waals surface area contributed by atoms with Crippen LogP contribution < -0.4 is 18.9 Å². The van der Waals surface area contributed by atoms with Crippen molar-refractivity contribution in [1.82, 2.24) is 0 Å². The molecular formula is C110H138O12. The normalized spacial score (nSPS) is 32.6. The van der Waals surface area contributed by atoms with Crippen molar-refractivity contribution in [3.63, 3.8) is 0 Å². The van der Waals surface area contributed by atoms with E-state index in [1.807, 2.05) is 107 Å². The van der Waals surface area contributed by atoms with Crippen molar-refractivity contribution >= 4 is 34.7 Å². The molecule has 19 rings (SSSR count). The van der Waals surface area contributed by atoms with Crippen molar-refractivity contribution in [3.05, 3.63) is 246 Å². The van der Waals surface area contributed by atoms with E-state index in [4.69, 9.17) is 18.9 Å². The van der Waals surface area contributed by atoms with Crippen LogP contribution in [0.3, 0.4) is 0 Å². The van der Waals surface area contributed by atoms with E-state index in [1.54, 1.807) is 57.8 Å². The summed E-state index contributed by atoms with van der Waals surface area (Å²) in [7, 11) is 6.80. The van der Waals surface area contributed by atoms with Crippen LogP contribution in [0.5, 0.6) is 23.0 Å².